The van der Waals surface area contributed by atoms with Crippen molar-refractivity contribution in [1.29, 1.82) is 0 Å². The lowest BCUT2D eigenvalue weighted by atomic mass is 9.97. The zero-order valence-electron chi connectivity index (χ0n) is 11.2. The highest BCUT2D eigenvalue weighted by Gasteiger charge is 2.11. The van der Waals surface area contributed by atoms with Crippen LogP contribution in [0.3, 0.4) is 0 Å². The van der Waals surface area contributed by atoms with Gasteiger partial charge in [-0.25, -0.2) is 0 Å². The topological polar surface area (TPSA) is 55.1 Å². The van der Waals surface area contributed by atoms with Crippen molar-refractivity contribution in [1.82, 2.24) is 5.32 Å². The van der Waals surface area contributed by atoms with Crippen molar-refractivity contribution in [2.75, 3.05) is 5.73 Å². The highest BCUT2D eigenvalue weighted by Crippen LogP contribution is 2.21. The second kappa shape index (κ2) is 6.90. The number of nitrogens with one attached hydrogen (secondary N) is 1. The second-order valence-electron chi connectivity index (χ2n) is 4.78. The van der Waals surface area contributed by atoms with Gasteiger partial charge in [0.15, 0.2) is 0 Å². The standard InChI is InChI=1S/C15H17BrN2OS/c1-10(11-2-4-13(17)5-3-11)6-15(19)18-8-14-7-12(16)9-20-14/h2-5,7,9-10H,6,8,17H2,1H3,(H,18,19). The van der Waals surface area contributed by atoms with E-state index in [0.717, 1.165) is 20.6 Å². The Morgan fingerprint density at radius 1 is 1.40 bits per heavy atom. The number of carbonyl (C=O) groups excluding carboxylic acids is 1. The first-order chi connectivity index (χ1) is 9.54. The van der Waals surface area contributed by atoms with Gasteiger partial charge in [0.2, 0.25) is 5.91 Å². The molecule has 0 fully saturated rings. The fourth-order valence-electron chi connectivity index (χ4n) is 1.92. The molecule has 3 N–H and O–H groups in total. The van der Waals surface area contributed by atoms with Gasteiger partial charge in [0.05, 0.1) is 6.54 Å². The third-order valence-corrected chi connectivity index (χ3v) is 4.78. The van der Waals surface area contributed by atoms with Crippen molar-refractivity contribution in [2.24, 2.45) is 0 Å². The van der Waals surface area contributed by atoms with Gasteiger partial charge in [-0.1, -0.05) is 19.1 Å². The van der Waals surface area contributed by atoms with Crippen LogP contribution in [-0.4, -0.2) is 5.91 Å². The quantitative estimate of drug-likeness (QED) is 0.801. The number of nitrogens with two attached hydrogens (primary N) is 1. The molecule has 0 radical (unpaired) electrons. The van der Waals surface area contributed by atoms with Gasteiger partial charge in [0, 0.05) is 26.8 Å². The van der Waals surface area contributed by atoms with Crippen molar-refractivity contribution >= 4 is 38.9 Å². The molecule has 0 aliphatic carbocycles. The van der Waals surface area contributed by atoms with Crippen molar-refractivity contribution < 1.29 is 4.79 Å². The average Bonchev–Trinajstić information content (AvgIpc) is 2.83. The highest BCUT2D eigenvalue weighted by atomic mass is 79.9. The summed E-state index contributed by atoms with van der Waals surface area (Å²) in [5.41, 5.74) is 7.54. The van der Waals surface area contributed by atoms with E-state index in [1.165, 1.54) is 0 Å². The molecule has 1 unspecified atom stereocenters. The summed E-state index contributed by atoms with van der Waals surface area (Å²) in [6, 6.07) is 9.71. The summed E-state index contributed by atoms with van der Waals surface area (Å²) in [5, 5.41) is 4.96. The Hall–Kier alpha value is -1.33. The lowest BCUT2D eigenvalue weighted by Gasteiger charge is -2.12. The first-order valence-corrected chi connectivity index (χ1v) is 8.07. The Kier molecular flexibility index (Phi) is 5.20. The summed E-state index contributed by atoms with van der Waals surface area (Å²) < 4.78 is 1.06. The molecule has 0 aliphatic heterocycles. The lowest BCUT2D eigenvalue weighted by molar-refractivity contribution is -0.121. The minimum atomic E-state index is 0.0684. The van der Waals surface area contributed by atoms with Crippen LogP contribution in [0.5, 0.6) is 0 Å². The molecular weight excluding hydrogens is 336 g/mol. The molecule has 20 heavy (non-hydrogen) atoms. The fraction of sp³-hybridized carbons (Fsp3) is 0.267. The van der Waals surface area contributed by atoms with Crippen molar-refractivity contribution in [2.45, 2.75) is 25.8 Å². The van der Waals surface area contributed by atoms with E-state index in [-0.39, 0.29) is 11.8 Å². The molecule has 0 aliphatic rings. The summed E-state index contributed by atoms with van der Waals surface area (Å²) >= 11 is 5.04. The van der Waals surface area contributed by atoms with Gasteiger partial charge in [-0.05, 0) is 45.6 Å². The monoisotopic (exact) mass is 352 g/mol. The predicted molar refractivity (Wildman–Crippen MR) is 87.8 cm³/mol. The summed E-state index contributed by atoms with van der Waals surface area (Å²) in [4.78, 5) is 13.1. The van der Waals surface area contributed by atoms with Gasteiger partial charge in [0.25, 0.3) is 0 Å². The second-order valence-corrected chi connectivity index (χ2v) is 6.69. The zero-order chi connectivity index (χ0) is 14.5. The Morgan fingerprint density at radius 3 is 2.70 bits per heavy atom. The molecule has 5 heteroatoms. The van der Waals surface area contributed by atoms with Crippen LogP contribution >= 0.6 is 27.3 Å². The summed E-state index contributed by atoms with van der Waals surface area (Å²) in [7, 11) is 0. The van der Waals surface area contributed by atoms with Crippen LogP contribution in [0, 0.1) is 0 Å². The number of thiophene rings is 1. The Balaban J connectivity index is 1.83. The van der Waals surface area contributed by atoms with Crippen molar-refractivity contribution in [3.8, 4) is 0 Å². The number of hydrogen-bond donors (Lipinski definition) is 2. The molecular formula is C15H17BrN2OS. The SMILES string of the molecule is CC(CC(=O)NCc1cc(Br)cs1)c1ccc(N)cc1. The minimum absolute atomic E-state index is 0.0684. The maximum atomic E-state index is 11.9. The zero-order valence-corrected chi connectivity index (χ0v) is 13.6. The Morgan fingerprint density at radius 2 is 2.10 bits per heavy atom. The van der Waals surface area contributed by atoms with Crippen LogP contribution in [0.2, 0.25) is 0 Å². The van der Waals surface area contributed by atoms with Gasteiger partial charge < -0.3 is 11.1 Å². The van der Waals surface area contributed by atoms with E-state index >= 15 is 0 Å². The molecule has 2 aromatic rings. The van der Waals surface area contributed by atoms with E-state index in [4.69, 9.17) is 5.73 Å². The molecule has 1 aromatic heterocycles. The number of benzene rings is 1. The smallest absolute Gasteiger partial charge is 0.220 e. The van der Waals surface area contributed by atoms with Gasteiger partial charge in [-0.2, -0.15) is 0 Å². The van der Waals surface area contributed by atoms with E-state index in [1.54, 1.807) is 11.3 Å². The third kappa shape index (κ3) is 4.35. The molecule has 0 bridgehead atoms. The first kappa shape index (κ1) is 15.1. The van der Waals surface area contributed by atoms with E-state index in [1.807, 2.05) is 42.6 Å². The van der Waals surface area contributed by atoms with Crippen molar-refractivity contribution in [3.63, 3.8) is 0 Å². The molecule has 0 saturated carbocycles. The van der Waals surface area contributed by atoms with E-state index in [0.29, 0.717) is 13.0 Å². The van der Waals surface area contributed by atoms with Crippen LogP contribution in [0.25, 0.3) is 0 Å². The predicted octanol–water partition coefficient (Wildman–Crippen LogP) is 3.90. The molecule has 1 amide bonds. The molecule has 1 aromatic carbocycles. The molecule has 2 rings (SSSR count). The number of carbonyl (C=O) groups is 1. The Bertz CT molecular complexity index is 580. The van der Waals surface area contributed by atoms with Gasteiger partial charge in [-0.15, -0.1) is 11.3 Å². The molecule has 0 spiro atoms. The summed E-state index contributed by atoms with van der Waals surface area (Å²) in [5.74, 6) is 0.254. The number of hydrogen-bond acceptors (Lipinski definition) is 3. The third-order valence-electron chi connectivity index (χ3n) is 3.08. The number of anilines is 1. The van der Waals surface area contributed by atoms with Crippen LogP contribution < -0.4 is 11.1 Å². The highest BCUT2D eigenvalue weighted by molar-refractivity contribution is 9.10. The van der Waals surface area contributed by atoms with Gasteiger partial charge in [-0.3, -0.25) is 4.79 Å². The van der Waals surface area contributed by atoms with Crippen LogP contribution in [0.1, 0.15) is 29.7 Å². The molecule has 106 valence electrons. The lowest BCUT2D eigenvalue weighted by Crippen LogP contribution is -2.23. The first-order valence-electron chi connectivity index (χ1n) is 6.39. The number of halogens is 1. The summed E-state index contributed by atoms with van der Waals surface area (Å²) in [6.07, 6.45) is 0.483. The van der Waals surface area contributed by atoms with E-state index in [9.17, 15) is 4.79 Å². The van der Waals surface area contributed by atoms with Crippen LogP contribution in [0.4, 0.5) is 5.69 Å². The van der Waals surface area contributed by atoms with Crippen LogP contribution in [0.15, 0.2) is 40.2 Å². The molecule has 1 atom stereocenters. The number of nitrogen functional groups attached to an aromatic ring is 1. The molecule has 1 heterocycles. The maximum absolute atomic E-state index is 11.9. The summed E-state index contributed by atoms with van der Waals surface area (Å²) in [6.45, 7) is 2.64. The number of rotatable bonds is 5. The average molecular weight is 353 g/mol. The molecule has 0 saturated heterocycles. The number of amides is 1. The van der Waals surface area contributed by atoms with Gasteiger partial charge >= 0.3 is 0 Å². The van der Waals surface area contributed by atoms with Crippen molar-refractivity contribution in [3.05, 3.63) is 50.6 Å². The van der Waals surface area contributed by atoms with E-state index < -0.39 is 0 Å². The van der Waals surface area contributed by atoms with E-state index in [2.05, 4.69) is 21.2 Å². The normalized spacial score (nSPS) is 12.1. The van der Waals surface area contributed by atoms with Gasteiger partial charge in [0.1, 0.15) is 0 Å². The Labute approximate surface area is 131 Å². The maximum Gasteiger partial charge on any atom is 0.220 e. The fourth-order valence-corrected chi connectivity index (χ4v) is 3.32. The van der Waals surface area contributed by atoms with Crippen LogP contribution in [-0.2, 0) is 11.3 Å². The minimum Gasteiger partial charge on any atom is -0.399 e. The largest absolute Gasteiger partial charge is 0.399 e. The molecule has 3 nitrogen and oxygen atoms in total.